The first kappa shape index (κ1) is 13.4. The number of hydrogen-bond donors (Lipinski definition) is 3. The number of carboxylic acids is 1. The number of amides is 2. The van der Waals surface area contributed by atoms with Gasteiger partial charge in [-0.2, -0.15) is 0 Å². The van der Waals surface area contributed by atoms with Crippen LogP contribution in [0, 0.1) is 6.92 Å². The number of urea groups is 1. The van der Waals surface area contributed by atoms with Crippen molar-refractivity contribution in [3.05, 3.63) is 17.5 Å². The van der Waals surface area contributed by atoms with Gasteiger partial charge in [-0.1, -0.05) is 0 Å². The number of aromatic amines is 1. The summed E-state index contributed by atoms with van der Waals surface area (Å²) in [6.07, 6.45) is 0.783. The third kappa shape index (κ3) is 3.25. The number of aryl methyl sites for hydroxylation is 1. The van der Waals surface area contributed by atoms with Crippen LogP contribution in [0.3, 0.4) is 0 Å². The van der Waals surface area contributed by atoms with E-state index in [-0.39, 0.29) is 11.7 Å². The van der Waals surface area contributed by atoms with E-state index in [9.17, 15) is 9.59 Å². The highest BCUT2D eigenvalue weighted by molar-refractivity contribution is 5.99. The van der Waals surface area contributed by atoms with E-state index < -0.39 is 5.97 Å². The number of nitrogens with one attached hydrogen (secondary N) is 2. The number of carbonyl (C=O) groups is 2. The Morgan fingerprint density at radius 1 is 1.42 bits per heavy atom. The zero-order valence-corrected chi connectivity index (χ0v) is 10.7. The molecule has 0 unspecified atom stereocenters. The van der Waals surface area contributed by atoms with Crippen molar-refractivity contribution >= 4 is 17.7 Å². The molecule has 1 fully saturated rings. The number of anilines is 1. The fourth-order valence-corrected chi connectivity index (χ4v) is 2.00. The van der Waals surface area contributed by atoms with E-state index in [2.05, 4.69) is 10.3 Å². The maximum atomic E-state index is 12.1. The van der Waals surface area contributed by atoms with Gasteiger partial charge in [0.2, 0.25) is 0 Å². The lowest BCUT2D eigenvalue weighted by atomic mass is 10.3. The van der Waals surface area contributed by atoms with Crippen LogP contribution < -0.4 is 5.32 Å². The standard InChI is InChI=1S/C12H17N3O4/c1-8-7-9(10(13-8)11(16)17)14-12(18)15-3-2-5-19-6-4-15/h7,13H,2-6H2,1H3,(H,14,18)(H,16,17). The summed E-state index contributed by atoms with van der Waals surface area (Å²) >= 11 is 0. The van der Waals surface area contributed by atoms with Crippen molar-refractivity contribution in [1.29, 1.82) is 0 Å². The van der Waals surface area contributed by atoms with Gasteiger partial charge in [-0.15, -0.1) is 0 Å². The van der Waals surface area contributed by atoms with Crippen LogP contribution in [0.4, 0.5) is 10.5 Å². The Morgan fingerprint density at radius 2 is 2.21 bits per heavy atom. The van der Waals surface area contributed by atoms with Crippen molar-refractivity contribution in [3.8, 4) is 0 Å². The summed E-state index contributed by atoms with van der Waals surface area (Å²) in [4.78, 5) is 27.4. The van der Waals surface area contributed by atoms with Crippen molar-refractivity contribution < 1.29 is 19.4 Å². The van der Waals surface area contributed by atoms with Gasteiger partial charge in [0.1, 0.15) is 5.69 Å². The maximum absolute atomic E-state index is 12.1. The quantitative estimate of drug-likeness (QED) is 0.752. The van der Waals surface area contributed by atoms with E-state index in [1.165, 1.54) is 0 Å². The number of H-pyrrole nitrogens is 1. The molecular formula is C12H17N3O4. The summed E-state index contributed by atoms with van der Waals surface area (Å²) in [5.74, 6) is -1.09. The van der Waals surface area contributed by atoms with Crippen molar-refractivity contribution in [2.45, 2.75) is 13.3 Å². The van der Waals surface area contributed by atoms with Crippen LogP contribution in [-0.4, -0.2) is 53.3 Å². The van der Waals surface area contributed by atoms with Crippen LogP contribution in [0.1, 0.15) is 22.6 Å². The molecule has 7 heteroatoms. The number of ether oxygens (including phenoxy) is 1. The number of carboxylic acid groups (broad SMARTS) is 1. The second kappa shape index (κ2) is 5.75. The Hall–Kier alpha value is -2.02. The number of carbonyl (C=O) groups excluding carboxylic acids is 1. The van der Waals surface area contributed by atoms with Gasteiger partial charge in [0.25, 0.3) is 0 Å². The largest absolute Gasteiger partial charge is 0.477 e. The molecule has 0 aromatic carbocycles. The lowest BCUT2D eigenvalue weighted by Crippen LogP contribution is -2.36. The number of nitrogens with zero attached hydrogens (tertiary/aromatic N) is 1. The zero-order valence-electron chi connectivity index (χ0n) is 10.7. The number of hydrogen-bond acceptors (Lipinski definition) is 3. The molecule has 2 heterocycles. The molecule has 0 aliphatic carbocycles. The SMILES string of the molecule is Cc1cc(NC(=O)N2CCCOCC2)c(C(=O)O)[nH]1. The summed E-state index contributed by atoms with van der Waals surface area (Å²) in [6.45, 7) is 4.01. The normalized spacial score (nSPS) is 15.9. The number of aromatic carboxylic acids is 1. The molecule has 0 spiro atoms. The zero-order chi connectivity index (χ0) is 13.8. The van der Waals surface area contributed by atoms with E-state index in [0.717, 1.165) is 6.42 Å². The second-order valence-electron chi connectivity index (χ2n) is 4.43. The Labute approximate surface area is 110 Å². The molecule has 1 aliphatic rings. The van der Waals surface area contributed by atoms with Gasteiger partial charge < -0.3 is 25.0 Å². The van der Waals surface area contributed by atoms with Crippen molar-refractivity contribution in [1.82, 2.24) is 9.88 Å². The van der Waals surface area contributed by atoms with E-state index in [1.54, 1.807) is 17.9 Å². The van der Waals surface area contributed by atoms with Crippen LogP contribution in [0.2, 0.25) is 0 Å². The van der Waals surface area contributed by atoms with Crippen LogP contribution in [0.5, 0.6) is 0 Å². The van der Waals surface area contributed by atoms with Gasteiger partial charge in [0, 0.05) is 25.4 Å². The van der Waals surface area contributed by atoms with Crippen molar-refractivity contribution in [2.24, 2.45) is 0 Å². The first-order chi connectivity index (χ1) is 9.08. The monoisotopic (exact) mass is 267 g/mol. The lowest BCUT2D eigenvalue weighted by molar-refractivity contribution is 0.0692. The van der Waals surface area contributed by atoms with Gasteiger partial charge in [-0.25, -0.2) is 9.59 Å². The minimum Gasteiger partial charge on any atom is -0.477 e. The topological polar surface area (TPSA) is 94.7 Å². The molecule has 0 atom stereocenters. The summed E-state index contributed by atoms with van der Waals surface area (Å²) in [6, 6.07) is 1.31. The molecule has 1 aromatic rings. The van der Waals surface area contributed by atoms with E-state index in [1.807, 2.05) is 0 Å². The minimum absolute atomic E-state index is 0.00285. The molecule has 1 aromatic heterocycles. The fourth-order valence-electron chi connectivity index (χ4n) is 2.00. The van der Waals surface area contributed by atoms with E-state index >= 15 is 0 Å². The maximum Gasteiger partial charge on any atom is 0.354 e. The number of rotatable bonds is 2. The molecule has 104 valence electrons. The predicted octanol–water partition coefficient (Wildman–Crippen LogP) is 1.28. The molecule has 0 bridgehead atoms. The predicted molar refractivity (Wildman–Crippen MR) is 68.5 cm³/mol. The fraction of sp³-hybridized carbons (Fsp3) is 0.500. The summed E-state index contributed by atoms with van der Waals surface area (Å²) < 4.78 is 5.27. The summed E-state index contributed by atoms with van der Waals surface area (Å²) in [7, 11) is 0. The Balaban J connectivity index is 2.07. The lowest BCUT2D eigenvalue weighted by Gasteiger charge is -2.19. The third-order valence-corrected chi connectivity index (χ3v) is 2.92. The highest BCUT2D eigenvalue weighted by Gasteiger charge is 2.19. The van der Waals surface area contributed by atoms with Crippen LogP contribution in [-0.2, 0) is 4.74 Å². The smallest absolute Gasteiger partial charge is 0.354 e. The minimum atomic E-state index is -1.09. The second-order valence-corrected chi connectivity index (χ2v) is 4.43. The van der Waals surface area contributed by atoms with Gasteiger partial charge in [0.05, 0.1) is 12.3 Å². The van der Waals surface area contributed by atoms with Crippen molar-refractivity contribution in [2.75, 3.05) is 31.6 Å². The molecule has 19 heavy (non-hydrogen) atoms. The van der Waals surface area contributed by atoms with Gasteiger partial charge in [-0.3, -0.25) is 0 Å². The average molecular weight is 267 g/mol. The molecule has 1 aliphatic heterocycles. The molecule has 0 saturated carbocycles. The third-order valence-electron chi connectivity index (χ3n) is 2.92. The summed E-state index contributed by atoms with van der Waals surface area (Å²) in [5, 5.41) is 11.7. The van der Waals surface area contributed by atoms with Crippen LogP contribution in [0.25, 0.3) is 0 Å². The van der Waals surface area contributed by atoms with Gasteiger partial charge in [-0.05, 0) is 19.4 Å². The average Bonchev–Trinajstić information content (AvgIpc) is 2.58. The molecule has 2 amide bonds. The van der Waals surface area contributed by atoms with E-state index in [0.29, 0.717) is 37.7 Å². The number of aromatic nitrogens is 1. The molecule has 0 radical (unpaired) electrons. The van der Waals surface area contributed by atoms with Crippen LogP contribution in [0.15, 0.2) is 6.07 Å². The highest BCUT2D eigenvalue weighted by Crippen LogP contribution is 2.17. The van der Waals surface area contributed by atoms with Crippen LogP contribution >= 0.6 is 0 Å². The summed E-state index contributed by atoms with van der Waals surface area (Å²) in [5.41, 5.74) is 0.976. The Bertz CT molecular complexity index is 475. The first-order valence-electron chi connectivity index (χ1n) is 6.14. The molecule has 1 saturated heterocycles. The molecule has 3 N–H and O–H groups in total. The molecule has 7 nitrogen and oxygen atoms in total. The van der Waals surface area contributed by atoms with Gasteiger partial charge >= 0.3 is 12.0 Å². The van der Waals surface area contributed by atoms with E-state index in [4.69, 9.17) is 9.84 Å². The van der Waals surface area contributed by atoms with Gasteiger partial charge in [0.15, 0.2) is 0 Å². The molecule has 2 rings (SSSR count). The first-order valence-corrected chi connectivity index (χ1v) is 6.14. The Morgan fingerprint density at radius 3 is 2.95 bits per heavy atom. The van der Waals surface area contributed by atoms with Crippen molar-refractivity contribution in [3.63, 3.8) is 0 Å². The molecular weight excluding hydrogens is 250 g/mol. The Kier molecular flexibility index (Phi) is 4.06. The highest BCUT2D eigenvalue weighted by atomic mass is 16.5.